The number of aromatic nitrogens is 2. The molecule has 2 aromatic rings. The van der Waals surface area contributed by atoms with Gasteiger partial charge in [-0.05, 0) is 63.5 Å². The highest BCUT2D eigenvalue weighted by Crippen LogP contribution is 2.40. The predicted molar refractivity (Wildman–Crippen MR) is 97.3 cm³/mol. The third-order valence-corrected chi connectivity index (χ3v) is 6.76. The van der Waals surface area contributed by atoms with Gasteiger partial charge in [0.2, 0.25) is 0 Å². The molecule has 1 saturated carbocycles. The van der Waals surface area contributed by atoms with Crippen LogP contribution >= 0.6 is 11.3 Å². The zero-order valence-corrected chi connectivity index (χ0v) is 14.9. The van der Waals surface area contributed by atoms with E-state index in [2.05, 4.69) is 34.6 Å². The number of aryl methyl sites for hydroxylation is 1. The van der Waals surface area contributed by atoms with E-state index in [1.54, 1.807) is 11.2 Å². The quantitative estimate of drug-likeness (QED) is 0.900. The fraction of sp³-hybridized carbons (Fsp3) is 0.667. The highest BCUT2D eigenvalue weighted by Gasteiger charge is 2.25. The van der Waals surface area contributed by atoms with E-state index >= 15 is 0 Å². The summed E-state index contributed by atoms with van der Waals surface area (Å²) >= 11 is 1.88. The van der Waals surface area contributed by atoms with Crippen molar-refractivity contribution in [2.75, 3.05) is 12.4 Å². The first-order chi connectivity index (χ1) is 11.2. The van der Waals surface area contributed by atoms with Crippen LogP contribution in [0.2, 0.25) is 0 Å². The van der Waals surface area contributed by atoms with Crippen LogP contribution in [0.3, 0.4) is 0 Å². The molecule has 2 N–H and O–H groups in total. The second-order valence-corrected chi connectivity index (χ2v) is 8.32. The van der Waals surface area contributed by atoms with E-state index < -0.39 is 0 Å². The van der Waals surface area contributed by atoms with Crippen LogP contribution in [-0.2, 0) is 12.8 Å². The molecule has 2 aliphatic rings. The molecule has 0 saturated heterocycles. The van der Waals surface area contributed by atoms with E-state index in [-0.39, 0.29) is 0 Å². The molecular weight excluding hydrogens is 304 g/mol. The van der Waals surface area contributed by atoms with Gasteiger partial charge in [0, 0.05) is 17.0 Å². The second-order valence-electron chi connectivity index (χ2n) is 7.24. The van der Waals surface area contributed by atoms with Crippen LogP contribution in [0.1, 0.15) is 49.5 Å². The van der Waals surface area contributed by atoms with Gasteiger partial charge in [0.05, 0.1) is 5.39 Å². The molecule has 2 aromatic heterocycles. The molecule has 5 heteroatoms. The summed E-state index contributed by atoms with van der Waals surface area (Å²) in [4.78, 5) is 11.9. The predicted octanol–water partition coefficient (Wildman–Crippen LogP) is 3.76. The largest absolute Gasteiger partial charge is 0.367 e. The van der Waals surface area contributed by atoms with Gasteiger partial charge < -0.3 is 10.6 Å². The average Bonchev–Trinajstić information content (AvgIpc) is 2.94. The van der Waals surface area contributed by atoms with E-state index in [9.17, 15) is 0 Å². The molecule has 124 valence electrons. The third kappa shape index (κ3) is 2.96. The summed E-state index contributed by atoms with van der Waals surface area (Å²) in [5.74, 6) is 1.86. The molecule has 0 aliphatic heterocycles. The maximum absolute atomic E-state index is 4.61. The van der Waals surface area contributed by atoms with E-state index in [0.717, 1.165) is 11.7 Å². The lowest BCUT2D eigenvalue weighted by Crippen LogP contribution is -2.35. The van der Waals surface area contributed by atoms with Gasteiger partial charge >= 0.3 is 0 Å². The van der Waals surface area contributed by atoms with Crippen molar-refractivity contribution in [2.24, 2.45) is 5.92 Å². The first-order valence-corrected chi connectivity index (χ1v) is 9.75. The monoisotopic (exact) mass is 330 g/mol. The van der Waals surface area contributed by atoms with Gasteiger partial charge in [0.25, 0.3) is 0 Å². The van der Waals surface area contributed by atoms with Crippen LogP contribution in [0.25, 0.3) is 10.2 Å². The summed E-state index contributed by atoms with van der Waals surface area (Å²) in [6.07, 6.45) is 10.4. The van der Waals surface area contributed by atoms with Crippen molar-refractivity contribution < 1.29 is 0 Å². The number of thiophene rings is 1. The molecule has 4 rings (SSSR count). The molecule has 1 atom stereocenters. The molecule has 0 amide bonds. The Bertz CT molecular complexity index is 688. The molecule has 0 aromatic carbocycles. The minimum atomic E-state index is 0.550. The average molecular weight is 331 g/mol. The van der Waals surface area contributed by atoms with Crippen molar-refractivity contribution in [3.05, 3.63) is 16.8 Å². The van der Waals surface area contributed by atoms with Crippen LogP contribution in [0.15, 0.2) is 6.33 Å². The Hall–Kier alpha value is -1.20. The molecule has 2 heterocycles. The van der Waals surface area contributed by atoms with Crippen LogP contribution in [0.4, 0.5) is 5.82 Å². The molecule has 0 radical (unpaired) electrons. The van der Waals surface area contributed by atoms with E-state index in [4.69, 9.17) is 0 Å². The molecule has 2 aliphatic carbocycles. The maximum Gasteiger partial charge on any atom is 0.138 e. The zero-order chi connectivity index (χ0) is 15.8. The Morgan fingerprint density at radius 3 is 2.65 bits per heavy atom. The summed E-state index contributed by atoms with van der Waals surface area (Å²) in [6, 6.07) is 1.24. The van der Waals surface area contributed by atoms with Gasteiger partial charge in [-0.1, -0.05) is 6.92 Å². The molecule has 0 bridgehead atoms. The van der Waals surface area contributed by atoms with Crippen molar-refractivity contribution in [1.29, 1.82) is 0 Å². The van der Waals surface area contributed by atoms with Crippen LogP contribution in [0.5, 0.6) is 0 Å². The van der Waals surface area contributed by atoms with Crippen LogP contribution < -0.4 is 10.6 Å². The van der Waals surface area contributed by atoms with Crippen LogP contribution in [-0.4, -0.2) is 29.1 Å². The first-order valence-electron chi connectivity index (χ1n) is 8.93. The lowest BCUT2D eigenvalue weighted by Gasteiger charge is -2.29. The van der Waals surface area contributed by atoms with E-state index in [0.29, 0.717) is 12.1 Å². The van der Waals surface area contributed by atoms with Crippen molar-refractivity contribution in [2.45, 2.75) is 64.0 Å². The summed E-state index contributed by atoms with van der Waals surface area (Å²) in [5.41, 5.74) is 1.52. The normalized spacial score (nSPS) is 27.8. The number of fused-ring (bicyclic) bond motifs is 3. The van der Waals surface area contributed by atoms with Gasteiger partial charge in [0.15, 0.2) is 0 Å². The summed E-state index contributed by atoms with van der Waals surface area (Å²) in [5, 5.41) is 8.47. The highest BCUT2D eigenvalue weighted by molar-refractivity contribution is 7.19. The topological polar surface area (TPSA) is 49.8 Å². The number of hydrogen-bond acceptors (Lipinski definition) is 5. The lowest BCUT2D eigenvalue weighted by molar-refractivity contribution is 0.371. The SMILES string of the molecule is CNC1CCC(Nc2ncnc3sc4c(c23)CC(C)CC4)CC1. The minimum absolute atomic E-state index is 0.550. The Kier molecular flexibility index (Phi) is 4.24. The summed E-state index contributed by atoms with van der Waals surface area (Å²) in [6.45, 7) is 2.36. The second kappa shape index (κ2) is 6.36. The first kappa shape index (κ1) is 15.3. The van der Waals surface area contributed by atoms with Crippen molar-refractivity contribution in [1.82, 2.24) is 15.3 Å². The van der Waals surface area contributed by atoms with Gasteiger partial charge in [0.1, 0.15) is 17.0 Å². The maximum atomic E-state index is 4.61. The highest BCUT2D eigenvalue weighted by atomic mass is 32.1. The zero-order valence-electron chi connectivity index (χ0n) is 14.1. The fourth-order valence-corrected chi connectivity index (χ4v) is 5.30. The van der Waals surface area contributed by atoms with Crippen molar-refractivity contribution in [3.8, 4) is 0 Å². The summed E-state index contributed by atoms with van der Waals surface area (Å²) < 4.78 is 0. The van der Waals surface area contributed by atoms with Gasteiger partial charge in [-0.15, -0.1) is 11.3 Å². The lowest BCUT2D eigenvalue weighted by atomic mass is 9.88. The van der Waals surface area contributed by atoms with Gasteiger partial charge in [-0.25, -0.2) is 9.97 Å². The minimum Gasteiger partial charge on any atom is -0.367 e. The number of anilines is 1. The molecule has 1 unspecified atom stereocenters. The Balaban J connectivity index is 1.61. The fourth-order valence-electron chi connectivity index (χ4n) is 4.11. The van der Waals surface area contributed by atoms with Crippen molar-refractivity contribution >= 4 is 27.4 Å². The number of nitrogens with one attached hydrogen (secondary N) is 2. The molecule has 23 heavy (non-hydrogen) atoms. The number of hydrogen-bond donors (Lipinski definition) is 2. The Morgan fingerprint density at radius 1 is 1.09 bits per heavy atom. The van der Waals surface area contributed by atoms with E-state index in [1.807, 2.05) is 11.3 Å². The molecule has 0 spiro atoms. The summed E-state index contributed by atoms with van der Waals surface area (Å²) in [7, 11) is 2.07. The van der Waals surface area contributed by atoms with Gasteiger partial charge in [-0.2, -0.15) is 0 Å². The standard InChI is InChI=1S/C18H26N4S/c1-11-3-8-15-14(9-11)16-17(20-10-21-18(16)23-15)22-13-6-4-12(19-2)5-7-13/h10-13,19H,3-9H2,1-2H3,(H,20,21,22). The Labute approximate surface area is 142 Å². The molecule has 1 fully saturated rings. The van der Waals surface area contributed by atoms with Crippen molar-refractivity contribution in [3.63, 3.8) is 0 Å². The smallest absolute Gasteiger partial charge is 0.138 e. The third-order valence-electron chi connectivity index (χ3n) is 5.56. The number of rotatable bonds is 3. The van der Waals surface area contributed by atoms with Gasteiger partial charge in [-0.3, -0.25) is 0 Å². The molecular formula is C18H26N4S. The number of nitrogens with zero attached hydrogens (tertiary/aromatic N) is 2. The van der Waals surface area contributed by atoms with E-state index in [1.165, 1.54) is 60.7 Å². The van der Waals surface area contributed by atoms with Crippen LogP contribution in [0, 0.1) is 5.92 Å². The Morgan fingerprint density at radius 2 is 1.87 bits per heavy atom. The molecule has 4 nitrogen and oxygen atoms in total.